The summed E-state index contributed by atoms with van der Waals surface area (Å²) in [5.41, 5.74) is 0. The number of guanidine groups is 1. The molecule has 1 aromatic rings. The maximum absolute atomic E-state index is 4.36. The molecule has 1 aliphatic heterocycles. The second-order valence-corrected chi connectivity index (χ2v) is 8.37. The maximum Gasteiger partial charge on any atom is 0.191 e. The summed E-state index contributed by atoms with van der Waals surface area (Å²) in [7, 11) is 1.85. The summed E-state index contributed by atoms with van der Waals surface area (Å²) >= 11 is 1.87. The molecule has 1 aromatic carbocycles. The second kappa shape index (κ2) is 11.4. The number of piperidine rings is 1. The Balaban J connectivity index is 1.63. The Morgan fingerprint density at radius 3 is 2.80 bits per heavy atom. The summed E-state index contributed by atoms with van der Waals surface area (Å²) in [6, 6.07) is 10.5. The summed E-state index contributed by atoms with van der Waals surface area (Å²) in [6.45, 7) is 10.2. The first-order valence-electron chi connectivity index (χ1n) is 9.52. The molecule has 1 atom stereocenters. The van der Waals surface area contributed by atoms with Gasteiger partial charge in [-0.1, -0.05) is 32.0 Å². The molecule has 2 rings (SSSR count). The van der Waals surface area contributed by atoms with Crippen LogP contribution in [0.25, 0.3) is 0 Å². The first kappa shape index (κ1) is 20.1. The minimum absolute atomic E-state index is 0.727. The zero-order valence-electron chi connectivity index (χ0n) is 16.0. The summed E-state index contributed by atoms with van der Waals surface area (Å²) in [6.07, 6.45) is 2.64. The van der Waals surface area contributed by atoms with Crippen LogP contribution in [-0.4, -0.2) is 56.4 Å². The van der Waals surface area contributed by atoms with Gasteiger partial charge in [-0.15, -0.1) is 11.8 Å². The van der Waals surface area contributed by atoms with E-state index >= 15 is 0 Å². The zero-order valence-corrected chi connectivity index (χ0v) is 16.8. The smallest absolute Gasteiger partial charge is 0.191 e. The lowest BCUT2D eigenvalue weighted by Crippen LogP contribution is -2.45. The molecule has 2 N–H and O–H groups in total. The van der Waals surface area contributed by atoms with Gasteiger partial charge < -0.3 is 15.5 Å². The quantitative estimate of drug-likeness (QED) is 0.322. The molecule has 1 fully saturated rings. The molecule has 25 heavy (non-hydrogen) atoms. The van der Waals surface area contributed by atoms with Gasteiger partial charge in [0.25, 0.3) is 0 Å². The number of nitrogens with one attached hydrogen (secondary N) is 2. The molecule has 1 aliphatic rings. The Labute approximate surface area is 157 Å². The largest absolute Gasteiger partial charge is 0.356 e. The fourth-order valence-electron chi connectivity index (χ4n) is 3.32. The third-order valence-electron chi connectivity index (χ3n) is 4.41. The summed E-state index contributed by atoms with van der Waals surface area (Å²) < 4.78 is 0. The van der Waals surface area contributed by atoms with Gasteiger partial charge in [-0.25, -0.2) is 0 Å². The maximum atomic E-state index is 4.36. The van der Waals surface area contributed by atoms with Gasteiger partial charge in [0.15, 0.2) is 5.96 Å². The van der Waals surface area contributed by atoms with Crippen molar-refractivity contribution in [3.05, 3.63) is 30.3 Å². The van der Waals surface area contributed by atoms with Crippen LogP contribution < -0.4 is 10.6 Å². The Morgan fingerprint density at radius 1 is 1.28 bits per heavy atom. The van der Waals surface area contributed by atoms with Crippen molar-refractivity contribution >= 4 is 17.7 Å². The van der Waals surface area contributed by atoms with Gasteiger partial charge in [0, 0.05) is 43.9 Å². The van der Waals surface area contributed by atoms with Crippen LogP contribution in [0.2, 0.25) is 0 Å². The van der Waals surface area contributed by atoms with Crippen LogP contribution in [0.5, 0.6) is 0 Å². The Bertz CT molecular complexity index is 504. The first-order chi connectivity index (χ1) is 12.2. The third-order valence-corrected chi connectivity index (χ3v) is 5.43. The zero-order chi connectivity index (χ0) is 17.9. The van der Waals surface area contributed by atoms with E-state index in [0.717, 1.165) is 36.6 Å². The summed E-state index contributed by atoms with van der Waals surface area (Å²) in [5.74, 6) is 3.44. The number of thioether (sulfide) groups is 1. The number of hydrogen-bond acceptors (Lipinski definition) is 3. The number of aliphatic imine (C=N–C) groups is 1. The Kier molecular flexibility index (Phi) is 9.19. The fourth-order valence-corrected chi connectivity index (χ4v) is 4.11. The number of benzene rings is 1. The van der Waals surface area contributed by atoms with Crippen LogP contribution in [0, 0.1) is 11.8 Å². The lowest BCUT2D eigenvalue weighted by molar-refractivity contribution is 0.159. The molecule has 0 aliphatic carbocycles. The van der Waals surface area contributed by atoms with E-state index < -0.39 is 0 Å². The molecule has 1 unspecified atom stereocenters. The van der Waals surface area contributed by atoms with Crippen molar-refractivity contribution in [2.45, 2.75) is 31.6 Å². The highest BCUT2D eigenvalue weighted by atomic mass is 32.2. The molecule has 0 amide bonds. The number of nitrogens with zero attached hydrogens (tertiary/aromatic N) is 2. The lowest BCUT2D eigenvalue weighted by atomic mass is 9.97. The van der Waals surface area contributed by atoms with Gasteiger partial charge in [0.05, 0.1) is 0 Å². The van der Waals surface area contributed by atoms with Crippen LogP contribution in [0.1, 0.15) is 26.7 Å². The highest BCUT2D eigenvalue weighted by molar-refractivity contribution is 7.99. The van der Waals surface area contributed by atoms with Crippen LogP contribution in [0.3, 0.4) is 0 Å². The Hall–Kier alpha value is -1.20. The number of likely N-dealkylation sites (tertiary alicyclic amines) is 1. The standard InChI is InChI=1S/C20H34N4S/c1-17(2)15-24-12-7-8-18(16-24)14-23-20(21-3)22-11-13-25-19-9-5-4-6-10-19/h4-6,9-10,17-18H,7-8,11-16H2,1-3H3,(H2,21,22,23). The van der Waals surface area contributed by atoms with Gasteiger partial charge in [-0.2, -0.15) is 0 Å². The van der Waals surface area contributed by atoms with Gasteiger partial charge in [-0.3, -0.25) is 4.99 Å². The Morgan fingerprint density at radius 2 is 2.08 bits per heavy atom. The molecular weight excluding hydrogens is 328 g/mol. The predicted molar refractivity (Wildman–Crippen MR) is 111 cm³/mol. The summed E-state index contributed by atoms with van der Waals surface area (Å²) in [4.78, 5) is 8.29. The molecule has 0 bridgehead atoms. The van der Waals surface area contributed by atoms with Crippen molar-refractivity contribution in [1.29, 1.82) is 0 Å². The molecule has 140 valence electrons. The molecule has 0 aromatic heterocycles. The monoisotopic (exact) mass is 362 g/mol. The normalized spacial score (nSPS) is 19.2. The molecule has 1 heterocycles. The van der Waals surface area contributed by atoms with E-state index in [2.05, 4.69) is 64.7 Å². The molecule has 0 radical (unpaired) electrons. The fraction of sp³-hybridized carbons (Fsp3) is 0.650. The van der Waals surface area contributed by atoms with Crippen molar-refractivity contribution in [2.75, 3.05) is 45.5 Å². The highest BCUT2D eigenvalue weighted by Crippen LogP contribution is 2.17. The predicted octanol–water partition coefficient (Wildman–Crippen LogP) is 3.31. The van der Waals surface area contributed by atoms with E-state index in [0.29, 0.717) is 0 Å². The van der Waals surface area contributed by atoms with Crippen molar-refractivity contribution < 1.29 is 0 Å². The van der Waals surface area contributed by atoms with E-state index in [1.165, 1.54) is 37.4 Å². The van der Waals surface area contributed by atoms with Crippen LogP contribution in [-0.2, 0) is 0 Å². The molecule has 0 spiro atoms. The van der Waals surface area contributed by atoms with E-state index in [4.69, 9.17) is 0 Å². The van der Waals surface area contributed by atoms with Crippen molar-refractivity contribution in [2.24, 2.45) is 16.8 Å². The van der Waals surface area contributed by atoms with Crippen LogP contribution in [0.15, 0.2) is 40.2 Å². The van der Waals surface area contributed by atoms with E-state index in [-0.39, 0.29) is 0 Å². The van der Waals surface area contributed by atoms with Crippen molar-refractivity contribution in [1.82, 2.24) is 15.5 Å². The SMILES string of the molecule is CN=C(NCCSc1ccccc1)NCC1CCCN(CC(C)C)C1. The highest BCUT2D eigenvalue weighted by Gasteiger charge is 2.20. The van der Waals surface area contributed by atoms with Gasteiger partial charge in [0.1, 0.15) is 0 Å². The van der Waals surface area contributed by atoms with Crippen LogP contribution in [0.4, 0.5) is 0 Å². The van der Waals surface area contributed by atoms with E-state index in [1.54, 1.807) is 0 Å². The topological polar surface area (TPSA) is 39.7 Å². The average molecular weight is 363 g/mol. The van der Waals surface area contributed by atoms with Gasteiger partial charge >= 0.3 is 0 Å². The third kappa shape index (κ3) is 8.15. The van der Waals surface area contributed by atoms with E-state index in [9.17, 15) is 0 Å². The average Bonchev–Trinajstić information content (AvgIpc) is 2.62. The minimum Gasteiger partial charge on any atom is -0.356 e. The number of hydrogen-bond donors (Lipinski definition) is 2. The molecule has 5 heteroatoms. The van der Waals surface area contributed by atoms with Gasteiger partial charge in [0.2, 0.25) is 0 Å². The van der Waals surface area contributed by atoms with Crippen LogP contribution >= 0.6 is 11.8 Å². The van der Waals surface area contributed by atoms with Crippen molar-refractivity contribution in [3.8, 4) is 0 Å². The van der Waals surface area contributed by atoms with Crippen molar-refractivity contribution in [3.63, 3.8) is 0 Å². The molecular formula is C20H34N4S. The molecule has 1 saturated heterocycles. The summed E-state index contributed by atoms with van der Waals surface area (Å²) in [5, 5.41) is 6.94. The minimum atomic E-state index is 0.727. The molecule has 4 nitrogen and oxygen atoms in total. The first-order valence-corrected chi connectivity index (χ1v) is 10.5. The molecule has 0 saturated carbocycles. The lowest BCUT2D eigenvalue weighted by Gasteiger charge is -2.34. The van der Waals surface area contributed by atoms with Gasteiger partial charge in [-0.05, 0) is 43.4 Å². The second-order valence-electron chi connectivity index (χ2n) is 7.20. The number of rotatable bonds is 8. The van der Waals surface area contributed by atoms with E-state index in [1.807, 2.05) is 18.8 Å².